The first kappa shape index (κ1) is 9.12. The highest BCUT2D eigenvalue weighted by Crippen LogP contribution is 2.05. The van der Waals surface area contributed by atoms with Crippen LogP contribution in [0, 0.1) is 0 Å². The summed E-state index contributed by atoms with van der Waals surface area (Å²) < 4.78 is 34.0. The fourth-order valence-corrected chi connectivity index (χ4v) is 1.66. The molecule has 1 aromatic heterocycles. The quantitative estimate of drug-likeness (QED) is 0.707. The van der Waals surface area contributed by atoms with Crippen LogP contribution >= 0.6 is 0 Å². The summed E-state index contributed by atoms with van der Waals surface area (Å²) in [4.78, 5) is 3.61. The lowest BCUT2D eigenvalue weighted by Gasteiger charge is -1.98. The van der Waals surface area contributed by atoms with Crippen LogP contribution in [0.15, 0.2) is 29.4 Å². The Morgan fingerprint density at radius 3 is 2.67 bits per heavy atom. The van der Waals surface area contributed by atoms with Gasteiger partial charge in [0, 0.05) is 6.20 Å². The third kappa shape index (κ3) is 2.01. The topological polar surface area (TPSA) is 47.0 Å². The maximum absolute atomic E-state index is 11.8. The Morgan fingerprint density at radius 2 is 2.17 bits per heavy atom. The number of aromatic nitrogens is 1. The van der Waals surface area contributed by atoms with Crippen LogP contribution < -0.4 is 0 Å². The van der Waals surface area contributed by atoms with Crippen LogP contribution in [-0.4, -0.2) is 25.8 Å². The summed E-state index contributed by atoms with van der Waals surface area (Å²) in [6.45, 7) is -0.876. The molecule has 0 saturated heterocycles. The summed E-state index contributed by atoms with van der Waals surface area (Å²) >= 11 is 0. The summed E-state index contributed by atoms with van der Waals surface area (Å²) in [5, 5.41) is -0.0670. The van der Waals surface area contributed by atoms with Gasteiger partial charge in [-0.3, -0.25) is 0 Å². The second-order valence-electron chi connectivity index (χ2n) is 2.18. The van der Waals surface area contributed by atoms with Gasteiger partial charge in [0.05, 0.1) is 5.75 Å². The van der Waals surface area contributed by atoms with E-state index in [1.807, 2.05) is 0 Å². The summed E-state index contributed by atoms with van der Waals surface area (Å²) in [6, 6.07) is 4.51. The molecular weight excluding hydrogens is 181 g/mol. The van der Waals surface area contributed by atoms with E-state index >= 15 is 0 Å². The van der Waals surface area contributed by atoms with Crippen molar-refractivity contribution in [2.45, 2.75) is 5.03 Å². The summed E-state index contributed by atoms with van der Waals surface area (Å²) in [5.41, 5.74) is 0. The minimum absolute atomic E-state index is 0.0670. The van der Waals surface area contributed by atoms with Crippen molar-refractivity contribution in [2.24, 2.45) is 0 Å². The minimum atomic E-state index is -3.50. The molecule has 3 nitrogen and oxygen atoms in total. The monoisotopic (exact) mass is 189 g/mol. The third-order valence-corrected chi connectivity index (χ3v) is 2.87. The van der Waals surface area contributed by atoms with Crippen LogP contribution in [0.5, 0.6) is 0 Å². The predicted molar refractivity (Wildman–Crippen MR) is 42.3 cm³/mol. The molecule has 12 heavy (non-hydrogen) atoms. The van der Waals surface area contributed by atoms with Crippen LogP contribution in [0.2, 0.25) is 0 Å². The van der Waals surface area contributed by atoms with Gasteiger partial charge < -0.3 is 0 Å². The molecule has 0 radical (unpaired) electrons. The average Bonchev–Trinajstić information content (AvgIpc) is 2.06. The second-order valence-corrected chi connectivity index (χ2v) is 4.23. The molecule has 66 valence electrons. The van der Waals surface area contributed by atoms with Crippen molar-refractivity contribution in [1.29, 1.82) is 0 Å². The average molecular weight is 189 g/mol. The summed E-state index contributed by atoms with van der Waals surface area (Å²) in [5.74, 6) is -0.496. The van der Waals surface area contributed by atoms with Crippen molar-refractivity contribution in [2.75, 3.05) is 12.4 Å². The van der Waals surface area contributed by atoms with Crippen molar-refractivity contribution < 1.29 is 12.8 Å². The van der Waals surface area contributed by atoms with E-state index in [9.17, 15) is 12.8 Å². The Bertz CT molecular complexity index is 336. The first-order chi connectivity index (χ1) is 5.67. The molecule has 5 heteroatoms. The van der Waals surface area contributed by atoms with E-state index in [0.29, 0.717) is 0 Å². The van der Waals surface area contributed by atoms with Gasteiger partial charge in [-0.2, -0.15) is 0 Å². The van der Waals surface area contributed by atoms with Gasteiger partial charge in [0.25, 0.3) is 0 Å². The van der Waals surface area contributed by atoms with Crippen molar-refractivity contribution in [3.63, 3.8) is 0 Å². The Labute approximate surface area is 70.2 Å². The number of halogens is 1. The zero-order chi connectivity index (χ0) is 9.03. The van der Waals surface area contributed by atoms with Crippen LogP contribution in [0.3, 0.4) is 0 Å². The van der Waals surface area contributed by atoms with Gasteiger partial charge in [-0.1, -0.05) is 6.07 Å². The first-order valence-electron chi connectivity index (χ1n) is 3.36. The standard InChI is InChI=1S/C7H8FNO2S/c8-4-6-12(10,11)7-3-1-2-5-9-7/h1-3,5H,4,6H2. The van der Waals surface area contributed by atoms with E-state index in [2.05, 4.69) is 4.98 Å². The predicted octanol–water partition coefficient (Wildman–Crippen LogP) is 0.825. The first-order valence-corrected chi connectivity index (χ1v) is 5.02. The smallest absolute Gasteiger partial charge is 0.198 e. The molecule has 1 aromatic rings. The van der Waals surface area contributed by atoms with Crippen LogP contribution in [0.4, 0.5) is 4.39 Å². The van der Waals surface area contributed by atoms with Crippen molar-refractivity contribution >= 4 is 9.84 Å². The molecule has 0 aromatic carbocycles. The molecular formula is C7H8FNO2S. The van der Waals surface area contributed by atoms with Crippen molar-refractivity contribution in [3.05, 3.63) is 24.4 Å². The maximum atomic E-state index is 11.8. The van der Waals surface area contributed by atoms with E-state index in [-0.39, 0.29) is 5.03 Å². The Hall–Kier alpha value is -0.970. The number of nitrogens with zero attached hydrogens (tertiary/aromatic N) is 1. The van der Waals surface area contributed by atoms with Gasteiger partial charge >= 0.3 is 0 Å². The molecule has 0 aliphatic rings. The van der Waals surface area contributed by atoms with Gasteiger partial charge in [0.1, 0.15) is 6.67 Å². The highest BCUT2D eigenvalue weighted by molar-refractivity contribution is 7.91. The van der Waals surface area contributed by atoms with Crippen molar-refractivity contribution in [3.8, 4) is 0 Å². The molecule has 0 bridgehead atoms. The van der Waals surface area contributed by atoms with Gasteiger partial charge in [0.2, 0.25) is 0 Å². The molecule has 0 unspecified atom stereocenters. The van der Waals surface area contributed by atoms with E-state index in [0.717, 1.165) is 0 Å². The van der Waals surface area contributed by atoms with E-state index in [1.165, 1.54) is 12.3 Å². The number of pyridine rings is 1. The highest BCUT2D eigenvalue weighted by Gasteiger charge is 2.14. The molecule has 1 rings (SSSR count). The fourth-order valence-electron chi connectivity index (χ4n) is 0.737. The number of sulfone groups is 1. The number of alkyl halides is 1. The van der Waals surface area contributed by atoms with Crippen molar-refractivity contribution in [1.82, 2.24) is 4.98 Å². The molecule has 0 N–H and O–H groups in total. The largest absolute Gasteiger partial charge is 0.250 e. The van der Waals surface area contributed by atoms with E-state index < -0.39 is 22.3 Å². The maximum Gasteiger partial charge on any atom is 0.198 e. The zero-order valence-electron chi connectivity index (χ0n) is 6.27. The Morgan fingerprint density at radius 1 is 1.42 bits per heavy atom. The normalized spacial score (nSPS) is 11.4. The summed E-state index contributed by atoms with van der Waals surface area (Å²) in [7, 11) is -3.50. The van der Waals surface area contributed by atoms with Crippen LogP contribution in [-0.2, 0) is 9.84 Å². The molecule has 0 amide bonds. The SMILES string of the molecule is O=S(=O)(CCF)c1ccccn1. The van der Waals surface area contributed by atoms with Gasteiger partial charge in [-0.05, 0) is 12.1 Å². The molecule has 1 heterocycles. The van der Waals surface area contributed by atoms with E-state index in [1.54, 1.807) is 12.1 Å². The number of rotatable bonds is 3. The van der Waals surface area contributed by atoms with Gasteiger partial charge in [0.15, 0.2) is 14.9 Å². The molecule has 0 aliphatic carbocycles. The molecule has 0 fully saturated rings. The molecule has 0 aliphatic heterocycles. The summed E-state index contributed by atoms with van der Waals surface area (Å²) in [6.07, 6.45) is 1.37. The lowest BCUT2D eigenvalue weighted by molar-refractivity contribution is 0.516. The highest BCUT2D eigenvalue weighted by atomic mass is 32.2. The molecule has 0 spiro atoms. The number of hydrogen-bond acceptors (Lipinski definition) is 3. The Balaban J connectivity index is 2.99. The Kier molecular flexibility index (Phi) is 2.75. The third-order valence-electron chi connectivity index (χ3n) is 1.30. The minimum Gasteiger partial charge on any atom is -0.250 e. The van der Waals surface area contributed by atoms with Gasteiger partial charge in [-0.15, -0.1) is 0 Å². The van der Waals surface area contributed by atoms with Crippen LogP contribution in [0.1, 0.15) is 0 Å². The van der Waals surface area contributed by atoms with Crippen LogP contribution in [0.25, 0.3) is 0 Å². The van der Waals surface area contributed by atoms with Gasteiger partial charge in [-0.25, -0.2) is 17.8 Å². The fraction of sp³-hybridized carbons (Fsp3) is 0.286. The lowest BCUT2D eigenvalue weighted by Crippen LogP contribution is -2.09. The zero-order valence-corrected chi connectivity index (χ0v) is 7.09. The second kappa shape index (κ2) is 3.62. The molecule has 0 saturated carbocycles. The van der Waals surface area contributed by atoms with E-state index in [4.69, 9.17) is 0 Å². The number of hydrogen-bond donors (Lipinski definition) is 0. The lowest BCUT2D eigenvalue weighted by atomic mass is 10.5. The molecule has 0 atom stereocenters.